The molecule has 0 atom stereocenters. The number of carbonyl (C=O) groups is 2. The Morgan fingerprint density at radius 2 is 1.90 bits per heavy atom. The summed E-state index contributed by atoms with van der Waals surface area (Å²) in [6.45, 7) is 1.99. The number of aromatic nitrogens is 1. The molecule has 21 heavy (non-hydrogen) atoms. The van der Waals surface area contributed by atoms with Crippen LogP contribution in [-0.2, 0) is 4.79 Å². The number of nitrogens with zero attached hydrogens (tertiary/aromatic N) is 1. The standard InChI is InChI=1S/C16H14N2O3/c1-11-2-4-12(5-3-11)6-7-15(19)18-14-10-13(16(20)21)8-9-17-14/h2-10H,1H3,(H,20,21)(H,17,18,19). The van der Waals surface area contributed by atoms with E-state index < -0.39 is 5.97 Å². The molecule has 0 aliphatic carbocycles. The molecule has 2 rings (SSSR count). The van der Waals surface area contributed by atoms with Crippen molar-refractivity contribution in [1.29, 1.82) is 0 Å². The molecule has 1 heterocycles. The summed E-state index contributed by atoms with van der Waals surface area (Å²) in [6, 6.07) is 10.4. The molecule has 106 valence electrons. The summed E-state index contributed by atoms with van der Waals surface area (Å²) in [5.74, 6) is -1.23. The molecule has 2 aromatic rings. The van der Waals surface area contributed by atoms with Crippen molar-refractivity contribution in [2.75, 3.05) is 5.32 Å². The topological polar surface area (TPSA) is 79.3 Å². The second kappa shape index (κ2) is 6.47. The largest absolute Gasteiger partial charge is 0.478 e. The quantitative estimate of drug-likeness (QED) is 0.845. The van der Waals surface area contributed by atoms with E-state index in [1.54, 1.807) is 6.08 Å². The minimum absolute atomic E-state index is 0.0721. The predicted octanol–water partition coefficient (Wildman–Crippen LogP) is 2.74. The minimum Gasteiger partial charge on any atom is -0.478 e. The molecule has 0 radical (unpaired) electrons. The molecular formula is C16H14N2O3. The van der Waals surface area contributed by atoms with Crippen LogP contribution in [0, 0.1) is 6.92 Å². The Morgan fingerprint density at radius 3 is 2.57 bits per heavy atom. The van der Waals surface area contributed by atoms with E-state index in [1.807, 2.05) is 31.2 Å². The number of rotatable bonds is 4. The van der Waals surface area contributed by atoms with Crippen molar-refractivity contribution in [2.45, 2.75) is 6.92 Å². The number of pyridine rings is 1. The first-order valence-electron chi connectivity index (χ1n) is 6.30. The summed E-state index contributed by atoms with van der Waals surface area (Å²) < 4.78 is 0. The molecular weight excluding hydrogens is 268 g/mol. The Hall–Kier alpha value is -2.95. The van der Waals surface area contributed by atoms with Crippen LogP contribution in [0.5, 0.6) is 0 Å². The number of aromatic carboxylic acids is 1. The Labute approximate surface area is 122 Å². The van der Waals surface area contributed by atoms with Gasteiger partial charge in [-0.25, -0.2) is 9.78 Å². The molecule has 0 aliphatic heterocycles. The van der Waals surface area contributed by atoms with Gasteiger partial charge in [0.25, 0.3) is 0 Å². The zero-order valence-electron chi connectivity index (χ0n) is 11.4. The molecule has 0 bridgehead atoms. The van der Waals surface area contributed by atoms with Gasteiger partial charge in [0, 0.05) is 12.3 Å². The maximum atomic E-state index is 11.7. The van der Waals surface area contributed by atoms with Gasteiger partial charge in [-0.05, 0) is 30.7 Å². The minimum atomic E-state index is -1.07. The Bertz CT molecular complexity index is 691. The van der Waals surface area contributed by atoms with Gasteiger partial charge in [-0.3, -0.25) is 4.79 Å². The molecule has 5 nitrogen and oxygen atoms in total. The maximum Gasteiger partial charge on any atom is 0.335 e. The number of benzene rings is 1. The lowest BCUT2D eigenvalue weighted by atomic mass is 10.1. The number of carbonyl (C=O) groups excluding carboxylic acids is 1. The molecule has 0 fully saturated rings. The van der Waals surface area contributed by atoms with Crippen molar-refractivity contribution >= 4 is 23.8 Å². The number of carboxylic acid groups (broad SMARTS) is 1. The maximum absolute atomic E-state index is 11.7. The van der Waals surface area contributed by atoms with Gasteiger partial charge >= 0.3 is 5.97 Å². The van der Waals surface area contributed by atoms with Crippen LogP contribution in [-0.4, -0.2) is 22.0 Å². The van der Waals surface area contributed by atoms with E-state index in [2.05, 4.69) is 10.3 Å². The van der Waals surface area contributed by atoms with Gasteiger partial charge in [0.05, 0.1) is 5.56 Å². The van der Waals surface area contributed by atoms with Gasteiger partial charge < -0.3 is 10.4 Å². The van der Waals surface area contributed by atoms with Crippen LogP contribution in [0.15, 0.2) is 48.7 Å². The van der Waals surface area contributed by atoms with E-state index in [4.69, 9.17) is 5.11 Å². The lowest BCUT2D eigenvalue weighted by molar-refractivity contribution is -0.111. The molecule has 1 aromatic heterocycles. The fraction of sp³-hybridized carbons (Fsp3) is 0.0625. The van der Waals surface area contributed by atoms with Gasteiger partial charge in [0.2, 0.25) is 5.91 Å². The van der Waals surface area contributed by atoms with E-state index in [0.29, 0.717) is 0 Å². The first kappa shape index (κ1) is 14.5. The van der Waals surface area contributed by atoms with Crippen molar-refractivity contribution in [3.8, 4) is 0 Å². The predicted molar refractivity (Wildman–Crippen MR) is 80.0 cm³/mol. The fourth-order valence-corrected chi connectivity index (χ4v) is 1.65. The second-order valence-electron chi connectivity index (χ2n) is 4.47. The van der Waals surface area contributed by atoms with Crippen molar-refractivity contribution in [2.24, 2.45) is 0 Å². The molecule has 2 N–H and O–H groups in total. The summed E-state index contributed by atoms with van der Waals surface area (Å²) in [5, 5.41) is 11.4. The highest BCUT2D eigenvalue weighted by Gasteiger charge is 2.05. The zero-order valence-corrected chi connectivity index (χ0v) is 11.4. The third-order valence-electron chi connectivity index (χ3n) is 2.76. The zero-order chi connectivity index (χ0) is 15.2. The number of anilines is 1. The molecule has 0 saturated heterocycles. The van der Waals surface area contributed by atoms with Gasteiger partial charge in [-0.1, -0.05) is 29.8 Å². The van der Waals surface area contributed by atoms with Crippen LogP contribution >= 0.6 is 0 Å². The number of hydrogen-bond acceptors (Lipinski definition) is 3. The second-order valence-corrected chi connectivity index (χ2v) is 4.47. The SMILES string of the molecule is Cc1ccc(C=CC(=O)Nc2cc(C(=O)O)ccn2)cc1. The van der Waals surface area contributed by atoms with E-state index in [9.17, 15) is 9.59 Å². The van der Waals surface area contributed by atoms with Crippen molar-refractivity contribution in [1.82, 2.24) is 4.98 Å². The van der Waals surface area contributed by atoms with E-state index >= 15 is 0 Å². The molecule has 0 saturated carbocycles. The van der Waals surface area contributed by atoms with Crippen LogP contribution in [0.25, 0.3) is 6.08 Å². The summed E-state index contributed by atoms with van der Waals surface area (Å²) in [4.78, 5) is 26.5. The van der Waals surface area contributed by atoms with E-state index in [1.165, 1.54) is 24.4 Å². The third kappa shape index (κ3) is 4.28. The first-order chi connectivity index (χ1) is 10.0. The number of aryl methyl sites for hydroxylation is 1. The van der Waals surface area contributed by atoms with Crippen LogP contribution in [0.3, 0.4) is 0 Å². The van der Waals surface area contributed by atoms with Crippen LogP contribution in [0.4, 0.5) is 5.82 Å². The number of carboxylic acids is 1. The van der Waals surface area contributed by atoms with Crippen LogP contribution in [0.2, 0.25) is 0 Å². The normalized spacial score (nSPS) is 10.5. The smallest absolute Gasteiger partial charge is 0.335 e. The average Bonchev–Trinajstić information content (AvgIpc) is 2.47. The van der Waals surface area contributed by atoms with Crippen molar-refractivity contribution < 1.29 is 14.7 Å². The number of hydrogen-bond donors (Lipinski definition) is 2. The third-order valence-corrected chi connectivity index (χ3v) is 2.76. The molecule has 0 unspecified atom stereocenters. The van der Waals surface area contributed by atoms with Gasteiger partial charge in [-0.2, -0.15) is 0 Å². The lowest BCUT2D eigenvalue weighted by Crippen LogP contribution is -2.10. The van der Waals surface area contributed by atoms with Gasteiger partial charge in [-0.15, -0.1) is 0 Å². The Kier molecular flexibility index (Phi) is 4.46. The highest BCUT2D eigenvalue weighted by atomic mass is 16.4. The number of amides is 1. The fourth-order valence-electron chi connectivity index (χ4n) is 1.65. The lowest BCUT2D eigenvalue weighted by Gasteiger charge is -2.02. The first-order valence-corrected chi connectivity index (χ1v) is 6.30. The average molecular weight is 282 g/mol. The molecule has 1 amide bonds. The highest BCUT2D eigenvalue weighted by Crippen LogP contribution is 2.08. The molecule has 5 heteroatoms. The van der Waals surface area contributed by atoms with Crippen LogP contribution in [0.1, 0.15) is 21.5 Å². The van der Waals surface area contributed by atoms with E-state index in [0.717, 1.165) is 11.1 Å². The summed E-state index contributed by atoms with van der Waals surface area (Å²) in [5.41, 5.74) is 2.12. The van der Waals surface area contributed by atoms with Gasteiger partial charge in [0.1, 0.15) is 5.82 Å². The Morgan fingerprint density at radius 1 is 1.19 bits per heavy atom. The summed E-state index contributed by atoms with van der Waals surface area (Å²) >= 11 is 0. The van der Waals surface area contributed by atoms with Crippen molar-refractivity contribution in [3.05, 3.63) is 65.4 Å². The number of nitrogens with one attached hydrogen (secondary N) is 1. The highest BCUT2D eigenvalue weighted by molar-refractivity contribution is 6.01. The summed E-state index contributed by atoms with van der Waals surface area (Å²) in [6.07, 6.45) is 4.39. The molecule has 0 aliphatic rings. The van der Waals surface area contributed by atoms with Crippen LogP contribution < -0.4 is 5.32 Å². The molecule has 1 aromatic carbocycles. The summed E-state index contributed by atoms with van der Waals surface area (Å²) in [7, 11) is 0. The van der Waals surface area contributed by atoms with Crippen molar-refractivity contribution in [3.63, 3.8) is 0 Å². The molecule has 0 spiro atoms. The van der Waals surface area contributed by atoms with Gasteiger partial charge in [0.15, 0.2) is 0 Å². The van der Waals surface area contributed by atoms with E-state index in [-0.39, 0.29) is 17.3 Å². The Balaban J connectivity index is 2.03. The monoisotopic (exact) mass is 282 g/mol.